The molecule has 0 aliphatic rings. The Bertz CT molecular complexity index is 1290. The second-order valence-corrected chi connectivity index (χ2v) is 6.33. The molecule has 5 rings (SSSR count). The van der Waals surface area contributed by atoms with Crippen molar-refractivity contribution in [2.24, 2.45) is 7.05 Å². The fraction of sp³-hybridized carbons (Fsp3) is 0.105. The van der Waals surface area contributed by atoms with Crippen molar-refractivity contribution in [3.63, 3.8) is 0 Å². The number of rotatable bonds is 3. The minimum atomic E-state index is -0.326. The van der Waals surface area contributed by atoms with E-state index in [1.54, 1.807) is 27.8 Å². The molecule has 0 fully saturated rings. The molecule has 0 aliphatic heterocycles. The lowest BCUT2D eigenvalue weighted by molar-refractivity contribution is 0.583. The fourth-order valence-electron chi connectivity index (χ4n) is 3.10. The van der Waals surface area contributed by atoms with Gasteiger partial charge < -0.3 is 0 Å². The van der Waals surface area contributed by atoms with Crippen molar-refractivity contribution in [3.8, 4) is 11.3 Å². The second kappa shape index (κ2) is 5.94. The molecule has 0 aliphatic carbocycles. The molecule has 8 heteroatoms. The normalized spacial score (nSPS) is 11.5. The zero-order chi connectivity index (χ0) is 18.4. The van der Waals surface area contributed by atoms with Crippen molar-refractivity contribution in [2.45, 2.75) is 6.54 Å². The summed E-state index contributed by atoms with van der Waals surface area (Å²) in [7, 11) is 1.85. The van der Waals surface area contributed by atoms with Crippen molar-refractivity contribution in [1.29, 1.82) is 0 Å². The van der Waals surface area contributed by atoms with Crippen LogP contribution >= 0.6 is 0 Å². The van der Waals surface area contributed by atoms with Crippen LogP contribution in [0.1, 0.15) is 5.56 Å². The summed E-state index contributed by atoms with van der Waals surface area (Å²) in [5, 5.41) is 13.3. The van der Waals surface area contributed by atoms with Crippen molar-refractivity contribution < 1.29 is 4.39 Å². The quantitative estimate of drug-likeness (QED) is 0.495. The molecular weight excluding hydrogens is 345 g/mol. The van der Waals surface area contributed by atoms with Gasteiger partial charge in [0.25, 0.3) is 0 Å². The monoisotopic (exact) mass is 359 g/mol. The third kappa shape index (κ3) is 2.71. The standard InChI is InChI=1S/C19H14FN7/c1-26-10-14(9-22-26)16-4-5-17-19(23-16)27(25-24-17)11-13-7-12-3-2-6-21-18(12)8-15(13)20/h2-10H,11H2,1H3. The van der Waals surface area contributed by atoms with Crippen molar-refractivity contribution >= 4 is 22.1 Å². The van der Waals surface area contributed by atoms with Crippen LogP contribution < -0.4 is 0 Å². The summed E-state index contributed by atoms with van der Waals surface area (Å²) in [4.78, 5) is 8.84. The van der Waals surface area contributed by atoms with E-state index in [4.69, 9.17) is 0 Å². The number of fused-ring (bicyclic) bond motifs is 2. The first-order valence-corrected chi connectivity index (χ1v) is 8.40. The SMILES string of the molecule is Cn1cc(-c2ccc3nnn(Cc4cc5cccnc5cc4F)c3n2)cn1. The predicted molar refractivity (Wildman–Crippen MR) is 98.3 cm³/mol. The van der Waals surface area contributed by atoms with Crippen LogP contribution in [-0.2, 0) is 13.6 Å². The van der Waals surface area contributed by atoms with Crippen LogP contribution in [0.2, 0.25) is 0 Å². The van der Waals surface area contributed by atoms with Crippen LogP contribution in [0, 0.1) is 5.82 Å². The van der Waals surface area contributed by atoms with Gasteiger partial charge in [-0.05, 0) is 24.3 Å². The van der Waals surface area contributed by atoms with Gasteiger partial charge in [0.15, 0.2) is 5.65 Å². The van der Waals surface area contributed by atoms with Gasteiger partial charge in [-0.25, -0.2) is 14.1 Å². The van der Waals surface area contributed by atoms with Gasteiger partial charge in [-0.1, -0.05) is 11.3 Å². The first-order valence-electron chi connectivity index (χ1n) is 8.40. The Labute approximate surface area is 153 Å². The zero-order valence-corrected chi connectivity index (χ0v) is 14.4. The molecular formula is C19H14FN7. The van der Waals surface area contributed by atoms with Gasteiger partial charge in [0.2, 0.25) is 0 Å². The van der Waals surface area contributed by atoms with Gasteiger partial charge >= 0.3 is 0 Å². The molecule has 7 nitrogen and oxygen atoms in total. The average Bonchev–Trinajstić information content (AvgIpc) is 3.28. The first kappa shape index (κ1) is 15.6. The maximum atomic E-state index is 14.5. The Kier molecular flexibility index (Phi) is 3.43. The zero-order valence-electron chi connectivity index (χ0n) is 14.4. The molecule has 0 unspecified atom stereocenters. The number of hydrogen-bond donors (Lipinski definition) is 0. The van der Waals surface area contributed by atoms with Crippen LogP contribution in [0.15, 0.2) is 55.0 Å². The van der Waals surface area contributed by atoms with E-state index in [2.05, 4.69) is 25.4 Å². The van der Waals surface area contributed by atoms with Gasteiger partial charge in [0.1, 0.15) is 11.3 Å². The molecule has 5 aromatic rings. The number of nitrogens with zero attached hydrogens (tertiary/aromatic N) is 7. The summed E-state index contributed by atoms with van der Waals surface area (Å²) < 4.78 is 17.9. The van der Waals surface area contributed by atoms with E-state index < -0.39 is 0 Å². The second-order valence-electron chi connectivity index (χ2n) is 6.33. The summed E-state index contributed by atoms with van der Waals surface area (Å²) in [5.74, 6) is -0.326. The molecule has 0 saturated heterocycles. The molecule has 132 valence electrons. The Balaban J connectivity index is 1.58. The molecule has 0 bridgehead atoms. The minimum Gasteiger partial charge on any atom is -0.275 e. The maximum Gasteiger partial charge on any atom is 0.179 e. The van der Waals surface area contributed by atoms with Gasteiger partial charge in [0, 0.05) is 42.0 Å². The van der Waals surface area contributed by atoms with Crippen LogP contribution in [0.5, 0.6) is 0 Å². The molecule has 0 saturated carbocycles. The smallest absolute Gasteiger partial charge is 0.179 e. The molecule has 0 atom stereocenters. The maximum absolute atomic E-state index is 14.5. The Morgan fingerprint density at radius 2 is 2.04 bits per heavy atom. The van der Waals surface area contributed by atoms with Crippen LogP contribution in [0.25, 0.3) is 33.3 Å². The Hall–Kier alpha value is -3.68. The minimum absolute atomic E-state index is 0.233. The number of benzene rings is 1. The van der Waals surface area contributed by atoms with Gasteiger partial charge in [-0.15, -0.1) is 5.10 Å². The average molecular weight is 359 g/mol. The highest BCUT2D eigenvalue weighted by Crippen LogP contribution is 2.22. The summed E-state index contributed by atoms with van der Waals surface area (Å²) >= 11 is 0. The van der Waals surface area contributed by atoms with E-state index in [0.29, 0.717) is 22.2 Å². The number of aryl methyl sites for hydroxylation is 1. The molecule has 27 heavy (non-hydrogen) atoms. The van der Waals surface area contributed by atoms with Crippen LogP contribution in [0.3, 0.4) is 0 Å². The van der Waals surface area contributed by atoms with Gasteiger partial charge in [0.05, 0.1) is 24.0 Å². The molecule has 0 spiro atoms. The van der Waals surface area contributed by atoms with E-state index in [0.717, 1.165) is 16.6 Å². The lowest BCUT2D eigenvalue weighted by atomic mass is 10.1. The van der Waals surface area contributed by atoms with E-state index in [1.807, 2.05) is 37.5 Å². The molecule has 4 aromatic heterocycles. The third-order valence-electron chi connectivity index (χ3n) is 4.45. The van der Waals surface area contributed by atoms with Gasteiger partial charge in [-0.2, -0.15) is 5.10 Å². The fourth-order valence-corrected chi connectivity index (χ4v) is 3.10. The number of halogens is 1. The Morgan fingerprint density at radius 3 is 2.89 bits per heavy atom. The third-order valence-corrected chi connectivity index (χ3v) is 4.45. The van der Waals surface area contributed by atoms with Crippen LogP contribution in [-0.4, -0.2) is 34.7 Å². The highest BCUT2D eigenvalue weighted by atomic mass is 19.1. The van der Waals surface area contributed by atoms with Gasteiger partial charge in [-0.3, -0.25) is 9.67 Å². The summed E-state index contributed by atoms with van der Waals surface area (Å²) in [5.41, 5.74) is 4.06. The number of hydrogen-bond acceptors (Lipinski definition) is 5. The van der Waals surface area contributed by atoms with Crippen LogP contribution in [0.4, 0.5) is 4.39 Å². The lowest BCUT2D eigenvalue weighted by Gasteiger charge is -2.06. The highest BCUT2D eigenvalue weighted by molar-refractivity contribution is 5.79. The van der Waals surface area contributed by atoms with E-state index in [-0.39, 0.29) is 12.4 Å². The first-order chi connectivity index (χ1) is 13.2. The van der Waals surface area contributed by atoms with Crippen molar-refractivity contribution in [3.05, 3.63) is 66.4 Å². The summed E-state index contributed by atoms with van der Waals surface area (Å²) in [6, 6.07) is 10.7. The molecule has 4 heterocycles. The van der Waals surface area contributed by atoms with Crippen molar-refractivity contribution in [2.75, 3.05) is 0 Å². The number of aromatic nitrogens is 7. The summed E-state index contributed by atoms with van der Waals surface area (Å²) in [6.45, 7) is 0.233. The molecule has 1 aromatic carbocycles. The molecule has 0 radical (unpaired) electrons. The van der Waals surface area contributed by atoms with E-state index in [1.165, 1.54) is 6.07 Å². The molecule has 0 amide bonds. The van der Waals surface area contributed by atoms with Crippen molar-refractivity contribution in [1.82, 2.24) is 34.7 Å². The molecule has 0 N–H and O–H groups in total. The topological polar surface area (TPSA) is 74.3 Å². The number of pyridine rings is 2. The largest absolute Gasteiger partial charge is 0.275 e. The lowest BCUT2D eigenvalue weighted by Crippen LogP contribution is -2.05. The van der Waals surface area contributed by atoms with E-state index in [9.17, 15) is 4.39 Å². The summed E-state index contributed by atoms with van der Waals surface area (Å²) in [6.07, 6.45) is 5.28. The predicted octanol–water partition coefficient (Wildman–Crippen LogP) is 2.96. The highest BCUT2D eigenvalue weighted by Gasteiger charge is 2.12. The Morgan fingerprint density at radius 1 is 1.11 bits per heavy atom. The van der Waals surface area contributed by atoms with E-state index >= 15 is 0 Å².